The monoisotopic (exact) mass is 645 g/mol. The minimum atomic E-state index is -0.609. The van der Waals surface area contributed by atoms with E-state index in [0.29, 0.717) is 16.9 Å². The molecule has 0 radical (unpaired) electrons. The molecule has 5 aromatic rings. The van der Waals surface area contributed by atoms with Gasteiger partial charge in [0, 0.05) is 36.7 Å². The number of aryl methyl sites for hydroxylation is 1. The highest BCUT2D eigenvalue weighted by Gasteiger charge is 2.39. The van der Waals surface area contributed by atoms with E-state index < -0.39 is 6.29 Å². The van der Waals surface area contributed by atoms with Crippen LogP contribution >= 0.6 is 11.8 Å². The third-order valence-electron chi connectivity index (χ3n) is 8.92. The predicted octanol–water partition coefficient (Wildman–Crippen LogP) is 6.96. The summed E-state index contributed by atoms with van der Waals surface area (Å²) < 4.78 is 15.4. The Morgan fingerprint density at radius 3 is 2.19 bits per heavy atom. The molecule has 0 bridgehead atoms. The quantitative estimate of drug-likeness (QED) is 0.137. The van der Waals surface area contributed by atoms with E-state index in [1.54, 1.807) is 42.2 Å². The van der Waals surface area contributed by atoms with Crippen LogP contribution in [0.4, 0.5) is 0 Å². The fraction of sp³-hybridized carbons (Fsp3) is 0.237. The lowest BCUT2D eigenvalue weighted by molar-refractivity contribution is -0.268. The van der Waals surface area contributed by atoms with Crippen molar-refractivity contribution in [2.45, 2.75) is 43.7 Å². The van der Waals surface area contributed by atoms with Crippen molar-refractivity contribution in [2.24, 2.45) is 13.0 Å². The van der Waals surface area contributed by atoms with Gasteiger partial charge in [-0.15, -0.1) is 0 Å². The first kappa shape index (κ1) is 31.1. The Labute approximate surface area is 278 Å². The van der Waals surface area contributed by atoms with Crippen LogP contribution in [0.25, 0.3) is 11.1 Å². The molecule has 4 aromatic carbocycles. The van der Waals surface area contributed by atoms with Crippen LogP contribution in [-0.4, -0.2) is 43.2 Å². The van der Waals surface area contributed by atoms with Crippen LogP contribution in [0, 0.1) is 5.92 Å². The molecule has 2 aliphatic heterocycles. The van der Waals surface area contributed by atoms with Crippen LogP contribution in [0.1, 0.15) is 62.3 Å². The summed E-state index contributed by atoms with van der Waals surface area (Å²) in [6.45, 7) is 2.34. The van der Waals surface area contributed by atoms with Crippen molar-refractivity contribution in [3.05, 3.63) is 143 Å². The number of carbonyl (C=O) groups is 2. The van der Waals surface area contributed by atoms with Gasteiger partial charge < -0.3 is 19.1 Å². The standard InChI is InChI=1S/C38H35N3O5S/c1-24-33(23-47-38-39-17-18-40(38)2)45-37(46-34(24)27-15-13-25(22-42)14-16-27)30-10-6-9-29(20-30)28-8-5-7-26(19-28)21-41-35(43)31-11-3-4-12-32(31)36(41)44/h3-20,24,33-34,37,42H,21-23H2,1-2H3/t24-,33+,34+,37+/m1/s1. The molecular formula is C38H35N3O5S. The first-order valence-electron chi connectivity index (χ1n) is 15.6. The lowest BCUT2D eigenvalue weighted by Crippen LogP contribution is -2.38. The molecule has 0 saturated carbocycles. The summed E-state index contributed by atoms with van der Waals surface area (Å²) in [5.74, 6) is 0.224. The second kappa shape index (κ2) is 13.3. The summed E-state index contributed by atoms with van der Waals surface area (Å²) in [6, 6.07) is 30.9. The van der Waals surface area contributed by atoms with Crippen molar-refractivity contribution in [1.82, 2.24) is 14.5 Å². The van der Waals surface area contributed by atoms with Crippen molar-refractivity contribution < 1.29 is 24.2 Å². The van der Waals surface area contributed by atoms with E-state index >= 15 is 0 Å². The maximum absolute atomic E-state index is 13.0. The molecule has 3 heterocycles. The number of ether oxygens (including phenoxy) is 2. The van der Waals surface area contributed by atoms with E-state index in [-0.39, 0.29) is 43.1 Å². The summed E-state index contributed by atoms with van der Waals surface area (Å²) >= 11 is 1.66. The van der Waals surface area contributed by atoms with Gasteiger partial charge in [-0.2, -0.15) is 0 Å². The molecule has 9 heteroatoms. The highest BCUT2D eigenvalue weighted by molar-refractivity contribution is 7.99. The number of hydrogen-bond donors (Lipinski definition) is 1. The number of imidazole rings is 1. The average molecular weight is 646 g/mol. The lowest BCUT2D eigenvalue weighted by Gasteiger charge is -2.41. The Kier molecular flexibility index (Phi) is 8.79. The third-order valence-corrected chi connectivity index (χ3v) is 10.1. The number of aromatic nitrogens is 2. The van der Waals surface area contributed by atoms with Crippen LogP contribution in [0.15, 0.2) is 115 Å². The first-order chi connectivity index (χ1) is 22.9. The molecule has 0 spiro atoms. The van der Waals surface area contributed by atoms with Gasteiger partial charge in [0.2, 0.25) is 0 Å². The Morgan fingerprint density at radius 2 is 1.51 bits per heavy atom. The van der Waals surface area contributed by atoms with Gasteiger partial charge in [0.15, 0.2) is 11.4 Å². The second-order valence-corrected chi connectivity index (χ2v) is 13.0. The van der Waals surface area contributed by atoms with Crippen molar-refractivity contribution in [2.75, 3.05) is 5.75 Å². The summed E-state index contributed by atoms with van der Waals surface area (Å²) in [4.78, 5) is 31.8. The Morgan fingerprint density at radius 1 is 0.809 bits per heavy atom. The molecule has 2 amide bonds. The van der Waals surface area contributed by atoms with Gasteiger partial charge in [-0.25, -0.2) is 4.98 Å². The second-order valence-electron chi connectivity index (χ2n) is 12.0. The van der Waals surface area contributed by atoms with Crippen LogP contribution in [0.5, 0.6) is 0 Å². The average Bonchev–Trinajstić information content (AvgIpc) is 3.63. The minimum Gasteiger partial charge on any atom is -0.392 e. The number of rotatable bonds is 9. The van der Waals surface area contributed by atoms with Crippen molar-refractivity contribution in [3.63, 3.8) is 0 Å². The van der Waals surface area contributed by atoms with Gasteiger partial charge in [-0.3, -0.25) is 14.5 Å². The first-order valence-corrected chi connectivity index (χ1v) is 16.6. The van der Waals surface area contributed by atoms with E-state index in [4.69, 9.17) is 9.47 Å². The number of thioether (sulfide) groups is 1. The highest BCUT2D eigenvalue weighted by Crippen LogP contribution is 2.43. The number of carbonyl (C=O) groups excluding carboxylic acids is 2. The number of nitrogens with zero attached hydrogens (tertiary/aromatic N) is 3. The van der Waals surface area contributed by atoms with Crippen molar-refractivity contribution in [3.8, 4) is 11.1 Å². The molecule has 1 N–H and O–H groups in total. The summed E-state index contributed by atoms with van der Waals surface area (Å²) in [6.07, 6.45) is 2.78. The van der Waals surface area contributed by atoms with Crippen LogP contribution in [0.3, 0.4) is 0 Å². The Bertz CT molecular complexity index is 1890. The summed E-state index contributed by atoms with van der Waals surface area (Å²) in [5, 5.41) is 10.5. The van der Waals surface area contributed by atoms with E-state index in [1.165, 1.54) is 4.90 Å². The van der Waals surface area contributed by atoms with Crippen molar-refractivity contribution in [1.29, 1.82) is 0 Å². The zero-order valence-corrected chi connectivity index (χ0v) is 27.0. The summed E-state index contributed by atoms with van der Waals surface area (Å²) in [5.41, 5.74) is 6.47. The minimum absolute atomic E-state index is 0.0116. The maximum Gasteiger partial charge on any atom is 0.261 e. The molecule has 0 aliphatic carbocycles. The number of benzene rings is 4. The van der Waals surface area contributed by atoms with Crippen molar-refractivity contribution >= 4 is 23.6 Å². The van der Waals surface area contributed by atoms with Crippen LogP contribution < -0.4 is 0 Å². The van der Waals surface area contributed by atoms with E-state index in [9.17, 15) is 14.7 Å². The maximum atomic E-state index is 13.0. The molecule has 238 valence electrons. The Hall–Kier alpha value is -4.54. The molecule has 47 heavy (non-hydrogen) atoms. The molecular weight excluding hydrogens is 611 g/mol. The van der Waals surface area contributed by atoms with Gasteiger partial charge in [0.25, 0.3) is 11.8 Å². The number of imide groups is 1. The number of aliphatic hydroxyl groups excluding tert-OH is 1. The zero-order chi connectivity index (χ0) is 32.5. The number of hydrogen-bond acceptors (Lipinski definition) is 7. The van der Waals surface area contributed by atoms with E-state index in [2.05, 4.69) is 18.0 Å². The summed E-state index contributed by atoms with van der Waals surface area (Å²) in [7, 11) is 1.98. The molecule has 2 aliphatic rings. The number of amides is 2. The van der Waals surface area contributed by atoms with Gasteiger partial charge in [0.05, 0.1) is 36.5 Å². The topological polar surface area (TPSA) is 93.9 Å². The molecule has 4 atom stereocenters. The highest BCUT2D eigenvalue weighted by atomic mass is 32.2. The molecule has 0 unspecified atom stereocenters. The zero-order valence-electron chi connectivity index (χ0n) is 26.2. The smallest absolute Gasteiger partial charge is 0.261 e. The van der Waals surface area contributed by atoms with E-state index in [1.807, 2.05) is 84.5 Å². The van der Waals surface area contributed by atoms with Gasteiger partial charge in [0.1, 0.15) is 0 Å². The molecule has 7 rings (SSSR count). The normalized spacial score (nSPS) is 20.9. The fourth-order valence-electron chi connectivity index (χ4n) is 6.24. The predicted molar refractivity (Wildman–Crippen MR) is 179 cm³/mol. The lowest BCUT2D eigenvalue weighted by atomic mass is 9.91. The van der Waals surface area contributed by atoms with Gasteiger partial charge in [-0.05, 0) is 52.1 Å². The molecule has 1 saturated heterocycles. The Balaban J connectivity index is 1.14. The third kappa shape index (κ3) is 6.27. The largest absolute Gasteiger partial charge is 0.392 e. The van der Waals surface area contributed by atoms with Crippen LogP contribution in [-0.2, 0) is 29.7 Å². The van der Waals surface area contributed by atoms with Gasteiger partial charge in [-0.1, -0.05) is 91.5 Å². The van der Waals surface area contributed by atoms with E-state index in [0.717, 1.165) is 38.5 Å². The molecule has 1 fully saturated rings. The SMILES string of the molecule is C[C@@H]1[C@H](CSc2nccn2C)O[C@H](c2cccc(-c3cccc(CN4C(=O)c5ccccc5C4=O)c3)c2)O[C@@H]1c1ccc(CO)cc1. The fourth-order valence-corrected chi connectivity index (χ4v) is 7.33. The molecule has 1 aromatic heterocycles. The number of aliphatic hydroxyl groups is 1. The number of fused-ring (bicyclic) bond motifs is 1. The molecule has 8 nitrogen and oxygen atoms in total. The van der Waals surface area contributed by atoms with Gasteiger partial charge >= 0.3 is 0 Å². The van der Waals surface area contributed by atoms with Crippen LogP contribution in [0.2, 0.25) is 0 Å².